The van der Waals surface area contributed by atoms with Crippen molar-refractivity contribution in [1.82, 2.24) is 0 Å². The molecule has 3 nitrogen and oxygen atoms in total. The Kier molecular flexibility index (Phi) is 3.55. The molecule has 0 aliphatic rings. The Bertz CT molecular complexity index is 50.9. The van der Waals surface area contributed by atoms with Gasteiger partial charge in [-0.05, 0) is 6.92 Å². The van der Waals surface area contributed by atoms with Crippen LogP contribution in [-0.4, -0.2) is 24.3 Å². The zero-order valence-corrected chi connectivity index (χ0v) is 4.13. The lowest BCUT2D eigenvalue weighted by Gasteiger charge is -1.98. The van der Waals surface area contributed by atoms with Gasteiger partial charge in [-0.25, -0.2) is 0 Å². The molecule has 42 valence electrons. The zero-order valence-electron chi connectivity index (χ0n) is 4.13. The van der Waals surface area contributed by atoms with Crippen molar-refractivity contribution in [3.05, 3.63) is 0 Å². The van der Waals surface area contributed by atoms with Crippen LogP contribution < -0.4 is 0 Å². The molecule has 0 amide bonds. The monoisotopic (exact) mass is 104 g/mol. The lowest BCUT2D eigenvalue weighted by molar-refractivity contribution is -0.125. The smallest absolute Gasteiger partial charge is 0.152 e. The average Bonchev–Trinajstić information content (AvgIpc) is 1.61. The first-order chi connectivity index (χ1) is 3.27. The van der Waals surface area contributed by atoms with Crippen LogP contribution in [-0.2, 0) is 9.53 Å². The summed E-state index contributed by atoms with van der Waals surface area (Å²) in [4.78, 5) is 9.47. The van der Waals surface area contributed by atoms with E-state index in [1.807, 2.05) is 0 Å². The molecule has 0 saturated heterocycles. The van der Waals surface area contributed by atoms with Gasteiger partial charge in [-0.3, -0.25) is 0 Å². The Hall–Kier alpha value is -0.410. The molecule has 0 aromatic rings. The number of carbonyl (C=O) groups excluding carboxylic acids is 1. The third kappa shape index (κ3) is 5.59. The third-order valence-electron chi connectivity index (χ3n) is 0.405. The lowest BCUT2D eigenvalue weighted by Crippen LogP contribution is -2.07. The molecular formula is C4H8O3. The normalized spacial score (nSPS) is 13.4. The Balaban J connectivity index is 2.81. The molecule has 0 fully saturated rings. The summed E-state index contributed by atoms with van der Waals surface area (Å²) in [5.41, 5.74) is 0. The second kappa shape index (κ2) is 3.77. The zero-order chi connectivity index (χ0) is 5.70. The number of aliphatic hydroxyl groups is 1. The molecule has 1 atom stereocenters. The summed E-state index contributed by atoms with van der Waals surface area (Å²) in [5.74, 6) is 0. The summed E-state index contributed by atoms with van der Waals surface area (Å²) in [6.45, 7) is 1.42. The van der Waals surface area contributed by atoms with Crippen molar-refractivity contribution < 1.29 is 14.6 Å². The fourth-order valence-electron chi connectivity index (χ4n) is 0.179. The number of hydrogen-bond acceptors (Lipinski definition) is 3. The van der Waals surface area contributed by atoms with E-state index in [1.54, 1.807) is 0 Å². The molecule has 0 spiro atoms. The molecule has 0 aromatic heterocycles. The number of aliphatic hydroxyl groups excluding tert-OH is 1. The molecule has 0 bridgehead atoms. The molecule has 3 heteroatoms. The number of rotatable bonds is 3. The van der Waals surface area contributed by atoms with Crippen LogP contribution in [0.2, 0.25) is 0 Å². The number of aldehydes is 1. The van der Waals surface area contributed by atoms with Crippen molar-refractivity contribution in [1.29, 1.82) is 0 Å². The summed E-state index contributed by atoms with van der Waals surface area (Å²) in [7, 11) is 0. The quantitative estimate of drug-likeness (QED) is 0.389. The average molecular weight is 104 g/mol. The van der Waals surface area contributed by atoms with Crippen LogP contribution >= 0.6 is 0 Å². The van der Waals surface area contributed by atoms with Gasteiger partial charge >= 0.3 is 0 Å². The molecule has 1 unspecified atom stereocenters. The molecular weight excluding hydrogens is 96.0 g/mol. The van der Waals surface area contributed by atoms with Gasteiger partial charge in [-0.1, -0.05) is 0 Å². The van der Waals surface area contributed by atoms with Crippen molar-refractivity contribution >= 4 is 6.29 Å². The van der Waals surface area contributed by atoms with Crippen LogP contribution in [0.1, 0.15) is 6.92 Å². The fourth-order valence-corrected chi connectivity index (χ4v) is 0.179. The van der Waals surface area contributed by atoms with E-state index >= 15 is 0 Å². The maximum atomic E-state index is 9.47. The van der Waals surface area contributed by atoms with Crippen molar-refractivity contribution in [2.45, 2.75) is 13.2 Å². The summed E-state index contributed by atoms with van der Waals surface area (Å²) in [5, 5.41) is 8.30. The van der Waals surface area contributed by atoms with E-state index in [2.05, 4.69) is 4.74 Å². The minimum absolute atomic E-state index is 0.0301. The summed E-state index contributed by atoms with van der Waals surface area (Å²) in [6.07, 6.45) is -0.239. The van der Waals surface area contributed by atoms with Crippen LogP contribution in [0.25, 0.3) is 0 Å². The highest BCUT2D eigenvalue weighted by Crippen LogP contribution is 1.78. The largest absolute Gasteiger partial charge is 0.368 e. The van der Waals surface area contributed by atoms with Crippen molar-refractivity contribution in [3.8, 4) is 0 Å². The Morgan fingerprint density at radius 2 is 2.57 bits per heavy atom. The first-order valence-corrected chi connectivity index (χ1v) is 2.00. The molecule has 0 aliphatic carbocycles. The molecule has 1 N–H and O–H groups in total. The van der Waals surface area contributed by atoms with Gasteiger partial charge in [-0.2, -0.15) is 0 Å². The van der Waals surface area contributed by atoms with E-state index in [4.69, 9.17) is 5.11 Å². The Morgan fingerprint density at radius 3 is 2.71 bits per heavy atom. The van der Waals surface area contributed by atoms with E-state index in [-0.39, 0.29) is 6.61 Å². The predicted octanol–water partition coefficient (Wildman–Crippen LogP) is -0.460. The highest BCUT2D eigenvalue weighted by Gasteiger charge is 1.88. The Morgan fingerprint density at radius 1 is 2.00 bits per heavy atom. The maximum Gasteiger partial charge on any atom is 0.152 e. The molecule has 0 heterocycles. The van der Waals surface area contributed by atoms with Gasteiger partial charge in [0.1, 0.15) is 12.9 Å². The first-order valence-electron chi connectivity index (χ1n) is 2.00. The summed E-state index contributed by atoms with van der Waals surface area (Å²) in [6, 6.07) is 0. The van der Waals surface area contributed by atoms with Crippen molar-refractivity contribution in [2.75, 3.05) is 6.61 Å². The fraction of sp³-hybridized carbons (Fsp3) is 0.750. The third-order valence-corrected chi connectivity index (χ3v) is 0.405. The van der Waals surface area contributed by atoms with Gasteiger partial charge in [-0.15, -0.1) is 0 Å². The van der Waals surface area contributed by atoms with Gasteiger partial charge < -0.3 is 14.6 Å². The number of carbonyl (C=O) groups is 1. The molecule has 0 aromatic carbocycles. The highest BCUT2D eigenvalue weighted by molar-refractivity contribution is 5.50. The van der Waals surface area contributed by atoms with Gasteiger partial charge in [0.15, 0.2) is 6.29 Å². The second-order valence-corrected chi connectivity index (χ2v) is 1.10. The van der Waals surface area contributed by atoms with E-state index in [0.717, 1.165) is 0 Å². The minimum Gasteiger partial charge on any atom is -0.368 e. The standard InChI is InChI=1S/C4H8O3/c1-4(6)7-3-2-5/h2,4,6H,3H2,1H3. The predicted molar refractivity (Wildman–Crippen MR) is 23.7 cm³/mol. The van der Waals surface area contributed by atoms with E-state index in [0.29, 0.717) is 6.29 Å². The molecule has 0 aliphatic heterocycles. The topological polar surface area (TPSA) is 46.5 Å². The van der Waals surface area contributed by atoms with E-state index < -0.39 is 6.29 Å². The van der Waals surface area contributed by atoms with Gasteiger partial charge in [0.2, 0.25) is 0 Å². The number of ether oxygens (including phenoxy) is 1. The van der Waals surface area contributed by atoms with Crippen LogP contribution in [0.15, 0.2) is 0 Å². The second-order valence-electron chi connectivity index (χ2n) is 1.10. The van der Waals surface area contributed by atoms with Gasteiger partial charge in [0.25, 0.3) is 0 Å². The minimum atomic E-state index is -0.829. The lowest BCUT2D eigenvalue weighted by atomic mass is 10.7. The molecule has 7 heavy (non-hydrogen) atoms. The van der Waals surface area contributed by atoms with Crippen molar-refractivity contribution in [2.24, 2.45) is 0 Å². The van der Waals surface area contributed by atoms with Gasteiger partial charge in [0.05, 0.1) is 0 Å². The molecule has 0 radical (unpaired) electrons. The van der Waals surface area contributed by atoms with E-state index in [1.165, 1.54) is 6.92 Å². The van der Waals surface area contributed by atoms with Crippen LogP contribution in [0.4, 0.5) is 0 Å². The van der Waals surface area contributed by atoms with Crippen LogP contribution in [0, 0.1) is 0 Å². The summed E-state index contributed by atoms with van der Waals surface area (Å²) < 4.78 is 4.38. The van der Waals surface area contributed by atoms with Crippen molar-refractivity contribution in [3.63, 3.8) is 0 Å². The molecule has 0 rings (SSSR count). The summed E-state index contributed by atoms with van der Waals surface area (Å²) >= 11 is 0. The SMILES string of the molecule is CC(O)OCC=O. The maximum absolute atomic E-state index is 9.47. The highest BCUT2D eigenvalue weighted by atomic mass is 16.6. The van der Waals surface area contributed by atoms with Crippen LogP contribution in [0.5, 0.6) is 0 Å². The Labute approximate surface area is 41.9 Å². The van der Waals surface area contributed by atoms with Gasteiger partial charge in [0, 0.05) is 0 Å². The van der Waals surface area contributed by atoms with Crippen LogP contribution in [0.3, 0.4) is 0 Å². The number of hydrogen-bond donors (Lipinski definition) is 1. The van der Waals surface area contributed by atoms with E-state index in [9.17, 15) is 4.79 Å². The first kappa shape index (κ1) is 6.59. The molecule has 0 saturated carbocycles.